The predicted octanol–water partition coefficient (Wildman–Crippen LogP) is 1.45. The SMILES string of the molecule is Clc1cccc(C#CC2=CC3(CNC3)ON2)c1. The number of halogens is 1. The standard InChI is InChI=1S/C13H11ClN2O/c14-11-3-1-2-10(6-11)4-5-12-7-13(17-16-12)8-15-9-13/h1-3,6-7,15-16H,8-9H2. The first-order chi connectivity index (χ1) is 8.26. The van der Waals surface area contributed by atoms with Crippen molar-refractivity contribution in [3.8, 4) is 11.8 Å². The van der Waals surface area contributed by atoms with E-state index in [2.05, 4.69) is 22.6 Å². The molecule has 1 aromatic rings. The summed E-state index contributed by atoms with van der Waals surface area (Å²) < 4.78 is 0. The Labute approximate surface area is 105 Å². The lowest BCUT2D eigenvalue weighted by atomic mass is 9.97. The monoisotopic (exact) mass is 246 g/mol. The van der Waals surface area contributed by atoms with Crippen molar-refractivity contribution in [1.29, 1.82) is 0 Å². The van der Waals surface area contributed by atoms with Gasteiger partial charge in [-0.15, -0.1) is 0 Å². The number of hydrogen-bond acceptors (Lipinski definition) is 3. The lowest BCUT2D eigenvalue weighted by molar-refractivity contribution is -0.0689. The molecule has 17 heavy (non-hydrogen) atoms. The molecule has 0 aliphatic carbocycles. The first-order valence-electron chi connectivity index (χ1n) is 5.41. The second-order valence-corrected chi connectivity index (χ2v) is 4.63. The van der Waals surface area contributed by atoms with Crippen molar-refractivity contribution in [2.75, 3.05) is 13.1 Å². The topological polar surface area (TPSA) is 33.3 Å². The summed E-state index contributed by atoms with van der Waals surface area (Å²) in [4.78, 5) is 5.47. The maximum atomic E-state index is 5.89. The molecule has 0 atom stereocenters. The highest BCUT2D eigenvalue weighted by molar-refractivity contribution is 6.30. The van der Waals surface area contributed by atoms with E-state index in [1.165, 1.54) is 0 Å². The Balaban J connectivity index is 1.78. The van der Waals surface area contributed by atoms with Gasteiger partial charge in [-0.1, -0.05) is 23.6 Å². The maximum Gasteiger partial charge on any atom is 0.142 e. The van der Waals surface area contributed by atoms with Crippen LogP contribution < -0.4 is 10.8 Å². The van der Waals surface area contributed by atoms with Gasteiger partial charge >= 0.3 is 0 Å². The number of nitrogens with one attached hydrogen (secondary N) is 2. The minimum absolute atomic E-state index is 0.182. The van der Waals surface area contributed by atoms with Gasteiger partial charge in [-0.3, -0.25) is 10.3 Å². The molecule has 0 amide bonds. The van der Waals surface area contributed by atoms with E-state index in [0.29, 0.717) is 5.02 Å². The molecule has 0 unspecified atom stereocenters. The van der Waals surface area contributed by atoms with Crippen LogP contribution >= 0.6 is 11.6 Å². The van der Waals surface area contributed by atoms with Crippen LogP contribution in [0.25, 0.3) is 0 Å². The number of allylic oxidation sites excluding steroid dienone is 1. The van der Waals surface area contributed by atoms with Gasteiger partial charge in [0.1, 0.15) is 11.3 Å². The molecule has 0 radical (unpaired) electrons. The Morgan fingerprint density at radius 1 is 1.29 bits per heavy atom. The zero-order valence-corrected chi connectivity index (χ0v) is 9.84. The molecule has 1 aromatic carbocycles. The van der Waals surface area contributed by atoms with Crippen molar-refractivity contribution in [3.63, 3.8) is 0 Å². The van der Waals surface area contributed by atoms with Gasteiger partial charge in [0.2, 0.25) is 0 Å². The second kappa shape index (κ2) is 4.08. The number of rotatable bonds is 0. The lowest BCUT2D eigenvalue weighted by Crippen LogP contribution is -2.59. The summed E-state index contributed by atoms with van der Waals surface area (Å²) in [6, 6.07) is 7.48. The third-order valence-corrected chi connectivity index (χ3v) is 3.02. The van der Waals surface area contributed by atoms with Gasteiger partial charge in [-0.05, 0) is 30.2 Å². The Bertz CT molecular complexity index is 538. The van der Waals surface area contributed by atoms with Gasteiger partial charge in [0.05, 0.1) is 0 Å². The van der Waals surface area contributed by atoms with Crippen molar-refractivity contribution < 1.29 is 4.84 Å². The third kappa shape index (κ3) is 2.16. The van der Waals surface area contributed by atoms with Crippen LogP contribution in [0.15, 0.2) is 36.0 Å². The fraction of sp³-hybridized carbons (Fsp3) is 0.231. The van der Waals surface area contributed by atoms with E-state index >= 15 is 0 Å². The van der Waals surface area contributed by atoms with Crippen molar-refractivity contribution in [1.82, 2.24) is 10.8 Å². The van der Waals surface area contributed by atoms with E-state index in [1.54, 1.807) is 0 Å². The van der Waals surface area contributed by atoms with Crippen LogP contribution in [0.2, 0.25) is 5.02 Å². The van der Waals surface area contributed by atoms with Crippen molar-refractivity contribution in [2.24, 2.45) is 0 Å². The zero-order valence-electron chi connectivity index (χ0n) is 9.09. The van der Waals surface area contributed by atoms with Crippen molar-refractivity contribution >= 4 is 11.6 Å². The summed E-state index contributed by atoms with van der Waals surface area (Å²) in [5.74, 6) is 6.08. The molecule has 0 bridgehead atoms. The van der Waals surface area contributed by atoms with Gasteiger partial charge in [-0.2, -0.15) is 0 Å². The smallest absolute Gasteiger partial charge is 0.142 e. The molecule has 2 heterocycles. The highest BCUT2D eigenvalue weighted by Gasteiger charge is 2.40. The number of hydroxylamine groups is 1. The van der Waals surface area contributed by atoms with Gasteiger partial charge < -0.3 is 5.32 Å². The minimum Gasteiger partial charge on any atom is -0.310 e. The first-order valence-corrected chi connectivity index (χ1v) is 5.79. The summed E-state index contributed by atoms with van der Waals surface area (Å²) >= 11 is 5.89. The van der Waals surface area contributed by atoms with Crippen LogP contribution in [0.3, 0.4) is 0 Å². The van der Waals surface area contributed by atoms with E-state index in [0.717, 1.165) is 24.4 Å². The molecule has 3 rings (SSSR count). The average molecular weight is 247 g/mol. The van der Waals surface area contributed by atoms with E-state index in [-0.39, 0.29) is 5.60 Å². The van der Waals surface area contributed by atoms with Crippen LogP contribution in [0.5, 0.6) is 0 Å². The van der Waals surface area contributed by atoms with Crippen LogP contribution in [-0.4, -0.2) is 18.7 Å². The van der Waals surface area contributed by atoms with Crippen LogP contribution in [-0.2, 0) is 4.84 Å². The van der Waals surface area contributed by atoms with E-state index in [4.69, 9.17) is 16.4 Å². The summed E-state index contributed by atoms with van der Waals surface area (Å²) in [7, 11) is 0. The summed E-state index contributed by atoms with van der Waals surface area (Å²) in [6.45, 7) is 1.67. The molecule has 0 saturated carbocycles. The molecule has 3 nitrogen and oxygen atoms in total. The summed E-state index contributed by atoms with van der Waals surface area (Å²) in [6.07, 6.45) is 2.03. The molecule has 0 aromatic heterocycles. The Hall–Kier alpha value is -1.47. The van der Waals surface area contributed by atoms with E-state index in [1.807, 2.05) is 30.3 Å². The molecule has 86 valence electrons. The average Bonchev–Trinajstić information content (AvgIpc) is 2.71. The van der Waals surface area contributed by atoms with Gasteiger partial charge in [0.25, 0.3) is 0 Å². The number of hydrogen-bond donors (Lipinski definition) is 2. The zero-order chi connectivity index (χ0) is 11.7. The fourth-order valence-corrected chi connectivity index (χ4v) is 1.98. The summed E-state index contributed by atoms with van der Waals surface area (Å²) in [5, 5.41) is 3.87. The molecule has 2 aliphatic rings. The van der Waals surface area contributed by atoms with Crippen LogP contribution in [0, 0.1) is 11.8 Å². The second-order valence-electron chi connectivity index (χ2n) is 4.19. The molecular weight excluding hydrogens is 236 g/mol. The molecule has 1 saturated heterocycles. The van der Waals surface area contributed by atoms with Crippen LogP contribution in [0.4, 0.5) is 0 Å². The molecular formula is C13H11ClN2O. The molecule has 2 N–H and O–H groups in total. The van der Waals surface area contributed by atoms with Crippen molar-refractivity contribution in [3.05, 3.63) is 46.6 Å². The minimum atomic E-state index is -0.182. The lowest BCUT2D eigenvalue weighted by Gasteiger charge is -2.34. The highest BCUT2D eigenvalue weighted by atomic mass is 35.5. The quantitative estimate of drug-likeness (QED) is 0.680. The molecule has 1 fully saturated rings. The van der Waals surface area contributed by atoms with Gasteiger partial charge in [-0.25, -0.2) is 0 Å². The molecule has 1 spiro atoms. The molecule has 2 aliphatic heterocycles. The predicted molar refractivity (Wildman–Crippen MR) is 66.2 cm³/mol. The number of benzene rings is 1. The third-order valence-electron chi connectivity index (χ3n) is 2.79. The Kier molecular flexibility index (Phi) is 2.56. The largest absolute Gasteiger partial charge is 0.310 e. The van der Waals surface area contributed by atoms with E-state index in [9.17, 15) is 0 Å². The van der Waals surface area contributed by atoms with E-state index < -0.39 is 0 Å². The first kappa shape index (κ1) is 10.7. The Morgan fingerprint density at radius 2 is 2.18 bits per heavy atom. The van der Waals surface area contributed by atoms with Crippen molar-refractivity contribution in [2.45, 2.75) is 5.60 Å². The highest BCUT2D eigenvalue weighted by Crippen LogP contribution is 2.23. The normalized spacial score (nSPS) is 19.9. The fourth-order valence-electron chi connectivity index (χ4n) is 1.79. The van der Waals surface area contributed by atoms with Gasteiger partial charge in [0, 0.05) is 23.7 Å². The maximum absolute atomic E-state index is 5.89. The van der Waals surface area contributed by atoms with Gasteiger partial charge in [0.15, 0.2) is 0 Å². The molecule has 4 heteroatoms. The summed E-state index contributed by atoms with van der Waals surface area (Å²) in [5.41, 5.74) is 4.37. The Morgan fingerprint density at radius 3 is 2.82 bits per heavy atom. The van der Waals surface area contributed by atoms with Crippen LogP contribution in [0.1, 0.15) is 5.56 Å².